The number of benzene rings is 5. The molecule has 38 heavy (non-hydrogen) atoms. The second-order valence-electron chi connectivity index (χ2n) is 8.63. The van der Waals surface area contributed by atoms with E-state index in [0.29, 0.717) is 56.6 Å². The molecule has 0 spiro atoms. The number of ketones is 2. The Morgan fingerprint density at radius 2 is 0.737 bits per heavy atom. The third-order valence-electron chi connectivity index (χ3n) is 5.83. The van der Waals surface area contributed by atoms with Crippen molar-refractivity contribution in [3.8, 4) is 23.0 Å². The standard InChI is InChI=1S/C32H24N2O4/c33-25-5-1-3-23(19-25)31(35)21-7-11-27(12-8-21)37-29-15-17-30(18-16-29)38-28-13-9-22(10-14-28)32(36)24-4-2-6-26(34)20-24/h1-20H,33-34H2. The molecular formula is C32H24N2O4. The summed E-state index contributed by atoms with van der Waals surface area (Å²) in [6.45, 7) is 0. The third-order valence-corrected chi connectivity index (χ3v) is 5.83. The molecule has 0 fully saturated rings. The van der Waals surface area contributed by atoms with Gasteiger partial charge in [0, 0.05) is 33.6 Å². The zero-order valence-corrected chi connectivity index (χ0v) is 20.3. The van der Waals surface area contributed by atoms with Gasteiger partial charge in [0.15, 0.2) is 11.6 Å². The number of nitrogens with two attached hydrogens (primary N) is 2. The second kappa shape index (κ2) is 10.7. The van der Waals surface area contributed by atoms with Crippen molar-refractivity contribution in [2.24, 2.45) is 0 Å². The van der Waals surface area contributed by atoms with Crippen molar-refractivity contribution in [1.29, 1.82) is 0 Å². The van der Waals surface area contributed by atoms with E-state index in [9.17, 15) is 9.59 Å². The molecule has 0 aliphatic heterocycles. The normalized spacial score (nSPS) is 10.5. The summed E-state index contributed by atoms with van der Waals surface area (Å²) >= 11 is 0. The van der Waals surface area contributed by atoms with E-state index in [1.807, 2.05) is 0 Å². The van der Waals surface area contributed by atoms with E-state index in [-0.39, 0.29) is 11.6 Å². The molecule has 0 saturated carbocycles. The first-order valence-electron chi connectivity index (χ1n) is 11.9. The molecule has 0 radical (unpaired) electrons. The Morgan fingerprint density at radius 1 is 0.421 bits per heavy atom. The lowest BCUT2D eigenvalue weighted by Gasteiger charge is -2.09. The van der Waals surface area contributed by atoms with Crippen LogP contribution in [-0.4, -0.2) is 11.6 Å². The van der Waals surface area contributed by atoms with Gasteiger partial charge in [0.2, 0.25) is 0 Å². The molecule has 6 heteroatoms. The molecule has 0 aromatic heterocycles. The number of carbonyl (C=O) groups excluding carboxylic acids is 2. The number of ether oxygens (including phenoxy) is 2. The van der Waals surface area contributed by atoms with E-state index >= 15 is 0 Å². The van der Waals surface area contributed by atoms with Crippen LogP contribution in [0.4, 0.5) is 11.4 Å². The fraction of sp³-hybridized carbons (Fsp3) is 0. The summed E-state index contributed by atoms with van der Waals surface area (Å²) in [6.07, 6.45) is 0. The monoisotopic (exact) mass is 500 g/mol. The molecule has 0 atom stereocenters. The Bertz CT molecular complexity index is 1470. The van der Waals surface area contributed by atoms with Crippen molar-refractivity contribution in [3.05, 3.63) is 144 Å². The minimum absolute atomic E-state index is 0.104. The number of nitrogen functional groups attached to an aromatic ring is 2. The van der Waals surface area contributed by atoms with E-state index in [0.717, 1.165) is 0 Å². The highest BCUT2D eigenvalue weighted by Gasteiger charge is 2.11. The maximum atomic E-state index is 12.7. The van der Waals surface area contributed by atoms with Crippen molar-refractivity contribution in [2.45, 2.75) is 0 Å². The molecule has 5 aromatic carbocycles. The van der Waals surface area contributed by atoms with E-state index in [1.165, 1.54) is 0 Å². The Balaban J connectivity index is 1.19. The van der Waals surface area contributed by atoms with Crippen LogP contribution < -0.4 is 20.9 Å². The number of hydrogen-bond donors (Lipinski definition) is 2. The second-order valence-corrected chi connectivity index (χ2v) is 8.63. The minimum atomic E-state index is -0.104. The maximum absolute atomic E-state index is 12.7. The van der Waals surface area contributed by atoms with Gasteiger partial charge in [-0.25, -0.2) is 0 Å². The molecule has 0 heterocycles. The molecular weight excluding hydrogens is 476 g/mol. The van der Waals surface area contributed by atoms with E-state index in [4.69, 9.17) is 20.9 Å². The van der Waals surface area contributed by atoms with Crippen LogP contribution in [0.1, 0.15) is 31.8 Å². The molecule has 186 valence electrons. The van der Waals surface area contributed by atoms with Crippen molar-refractivity contribution >= 4 is 22.9 Å². The molecule has 5 aromatic rings. The van der Waals surface area contributed by atoms with Gasteiger partial charge in [-0.3, -0.25) is 9.59 Å². The first-order chi connectivity index (χ1) is 18.4. The molecule has 5 rings (SSSR count). The summed E-state index contributed by atoms with van der Waals surface area (Å²) in [4.78, 5) is 25.3. The van der Waals surface area contributed by atoms with E-state index < -0.39 is 0 Å². The zero-order valence-electron chi connectivity index (χ0n) is 20.3. The first kappa shape index (κ1) is 24.3. The Morgan fingerprint density at radius 3 is 1.05 bits per heavy atom. The summed E-state index contributed by atoms with van der Waals surface area (Å²) in [5.74, 6) is 2.23. The fourth-order valence-electron chi connectivity index (χ4n) is 3.89. The smallest absolute Gasteiger partial charge is 0.193 e. The van der Waals surface area contributed by atoms with Crippen molar-refractivity contribution in [3.63, 3.8) is 0 Å². The summed E-state index contributed by atoms with van der Waals surface area (Å²) in [7, 11) is 0. The molecule has 0 saturated heterocycles. The van der Waals surface area contributed by atoms with Crippen molar-refractivity contribution < 1.29 is 19.1 Å². The summed E-state index contributed by atoms with van der Waals surface area (Å²) < 4.78 is 11.8. The number of carbonyl (C=O) groups is 2. The van der Waals surface area contributed by atoms with Crippen LogP contribution >= 0.6 is 0 Å². The Kier molecular flexibility index (Phi) is 6.87. The lowest BCUT2D eigenvalue weighted by Crippen LogP contribution is -2.02. The Labute approximate surface area is 220 Å². The topological polar surface area (TPSA) is 105 Å². The largest absolute Gasteiger partial charge is 0.457 e. The van der Waals surface area contributed by atoms with Gasteiger partial charge < -0.3 is 20.9 Å². The average Bonchev–Trinajstić information content (AvgIpc) is 2.94. The lowest BCUT2D eigenvalue weighted by atomic mass is 10.0. The Hall–Kier alpha value is -5.36. The quantitative estimate of drug-likeness (QED) is 0.177. The van der Waals surface area contributed by atoms with E-state index in [1.54, 1.807) is 121 Å². The molecule has 0 unspecified atom stereocenters. The van der Waals surface area contributed by atoms with E-state index in [2.05, 4.69) is 0 Å². The van der Waals surface area contributed by atoms with Crippen molar-refractivity contribution in [1.82, 2.24) is 0 Å². The van der Waals surface area contributed by atoms with Crippen LogP contribution in [0.5, 0.6) is 23.0 Å². The third kappa shape index (κ3) is 5.71. The van der Waals surface area contributed by atoms with Gasteiger partial charge in [-0.05, 0) is 97.1 Å². The first-order valence-corrected chi connectivity index (χ1v) is 11.9. The maximum Gasteiger partial charge on any atom is 0.193 e. The molecule has 4 N–H and O–H groups in total. The number of hydrogen-bond acceptors (Lipinski definition) is 6. The van der Waals surface area contributed by atoms with Crippen LogP contribution in [-0.2, 0) is 0 Å². The molecule has 0 aliphatic rings. The summed E-state index contributed by atoms with van der Waals surface area (Å²) in [6, 6.07) is 34.8. The van der Waals surface area contributed by atoms with Crippen LogP contribution in [0.15, 0.2) is 121 Å². The molecule has 0 aliphatic carbocycles. The zero-order chi connectivity index (χ0) is 26.5. The average molecular weight is 501 g/mol. The van der Waals surface area contributed by atoms with Crippen LogP contribution in [0.25, 0.3) is 0 Å². The molecule has 6 nitrogen and oxygen atoms in total. The van der Waals surface area contributed by atoms with Crippen LogP contribution in [0, 0.1) is 0 Å². The van der Waals surface area contributed by atoms with Gasteiger partial charge >= 0.3 is 0 Å². The lowest BCUT2D eigenvalue weighted by molar-refractivity contribution is 0.103. The predicted molar refractivity (Wildman–Crippen MR) is 148 cm³/mol. The summed E-state index contributed by atoms with van der Waals surface area (Å²) in [5, 5.41) is 0. The van der Waals surface area contributed by atoms with Gasteiger partial charge in [-0.1, -0.05) is 24.3 Å². The van der Waals surface area contributed by atoms with Gasteiger partial charge in [0.1, 0.15) is 23.0 Å². The SMILES string of the molecule is Nc1cccc(C(=O)c2ccc(Oc3ccc(Oc4ccc(C(=O)c5cccc(N)c5)cc4)cc3)cc2)c1. The summed E-state index contributed by atoms with van der Waals surface area (Å²) in [5.41, 5.74) is 14.8. The fourth-order valence-corrected chi connectivity index (χ4v) is 3.89. The van der Waals surface area contributed by atoms with Crippen LogP contribution in [0.3, 0.4) is 0 Å². The molecule has 0 amide bonds. The van der Waals surface area contributed by atoms with Gasteiger partial charge in [0.25, 0.3) is 0 Å². The highest BCUT2D eigenvalue weighted by atomic mass is 16.5. The highest BCUT2D eigenvalue weighted by Crippen LogP contribution is 2.28. The highest BCUT2D eigenvalue weighted by molar-refractivity contribution is 6.10. The van der Waals surface area contributed by atoms with Crippen LogP contribution in [0.2, 0.25) is 0 Å². The van der Waals surface area contributed by atoms with Gasteiger partial charge in [-0.15, -0.1) is 0 Å². The number of anilines is 2. The number of rotatable bonds is 8. The predicted octanol–water partition coefficient (Wildman–Crippen LogP) is 6.90. The molecule has 0 bridgehead atoms. The van der Waals surface area contributed by atoms with Crippen molar-refractivity contribution in [2.75, 3.05) is 11.5 Å². The minimum Gasteiger partial charge on any atom is -0.457 e. The van der Waals surface area contributed by atoms with Gasteiger partial charge in [-0.2, -0.15) is 0 Å². The van der Waals surface area contributed by atoms with Gasteiger partial charge in [0.05, 0.1) is 0 Å².